The first kappa shape index (κ1) is 16.2. The second-order valence-corrected chi connectivity index (χ2v) is 6.84. The van der Waals surface area contributed by atoms with E-state index in [-0.39, 0.29) is 17.2 Å². The highest BCUT2D eigenvalue weighted by Gasteiger charge is 2.34. The Morgan fingerprint density at radius 2 is 2.10 bits per heavy atom. The van der Waals surface area contributed by atoms with E-state index in [0.717, 1.165) is 12.1 Å². The number of carboxylic acid groups (broad SMARTS) is 1. The van der Waals surface area contributed by atoms with Crippen molar-refractivity contribution in [2.24, 2.45) is 0 Å². The largest absolute Gasteiger partial charge is 0.478 e. The van der Waals surface area contributed by atoms with Crippen molar-refractivity contribution in [1.29, 1.82) is 0 Å². The van der Waals surface area contributed by atoms with Crippen molar-refractivity contribution in [1.82, 2.24) is 4.72 Å². The van der Waals surface area contributed by atoms with E-state index < -0.39 is 32.3 Å². The van der Waals surface area contributed by atoms with Crippen LogP contribution in [0.15, 0.2) is 17.0 Å². The Kier molecular flexibility index (Phi) is 4.52. The fraction of sp³-hybridized carbons (Fsp3) is 0.417. The predicted molar refractivity (Wildman–Crippen MR) is 72.5 cm³/mol. The van der Waals surface area contributed by atoms with Gasteiger partial charge >= 0.3 is 5.97 Å². The molecule has 0 saturated heterocycles. The minimum atomic E-state index is -4.19. The van der Waals surface area contributed by atoms with E-state index in [0.29, 0.717) is 12.8 Å². The highest BCUT2D eigenvalue weighted by atomic mass is 35.5. The van der Waals surface area contributed by atoms with Crippen LogP contribution in [0.1, 0.15) is 23.2 Å². The predicted octanol–water partition coefficient (Wildman–Crippen LogP) is 1.63. The monoisotopic (exact) mass is 337 g/mol. The topological polar surface area (TPSA) is 92.7 Å². The first-order valence-corrected chi connectivity index (χ1v) is 7.88. The number of sulfonamides is 1. The highest BCUT2D eigenvalue weighted by molar-refractivity contribution is 7.89. The standard InChI is InChI=1S/C12H13ClFNO5S/c1-20-8-4-7(5-8)15-21(18,19)10-3-6(13)2-9(11(10)14)12(16)17/h2-3,7-8,15H,4-5H2,1H3,(H,16,17). The molecule has 0 radical (unpaired) electrons. The zero-order chi connectivity index (χ0) is 15.8. The number of nitrogens with one attached hydrogen (secondary N) is 1. The van der Waals surface area contributed by atoms with Crippen LogP contribution < -0.4 is 4.72 Å². The summed E-state index contributed by atoms with van der Waals surface area (Å²) in [5.74, 6) is -2.92. The second kappa shape index (κ2) is 5.88. The lowest BCUT2D eigenvalue weighted by Gasteiger charge is -2.34. The Labute approximate surface area is 125 Å². The molecule has 0 atom stereocenters. The summed E-state index contributed by atoms with van der Waals surface area (Å²) in [5.41, 5.74) is -0.786. The number of methoxy groups -OCH3 is 1. The maximum absolute atomic E-state index is 14.0. The molecule has 1 aliphatic carbocycles. The van der Waals surface area contributed by atoms with E-state index in [1.807, 2.05) is 0 Å². The summed E-state index contributed by atoms with van der Waals surface area (Å²) in [7, 11) is -2.67. The molecule has 0 spiro atoms. The molecule has 0 unspecified atom stereocenters. The van der Waals surface area contributed by atoms with E-state index in [2.05, 4.69) is 4.72 Å². The highest BCUT2D eigenvalue weighted by Crippen LogP contribution is 2.27. The first-order chi connectivity index (χ1) is 9.74. The van der Waals surface area contributed by atoms with E-state index in [4.69, 9.17) is 21.4 Å². The van der Waals surface area contributed by atoms with Crippen LogP contribution in [0.25, 0.3) is 0 Å². The summed E-state index contributed by atoms with van der Waals surface area (Å²) in [6.07, 6.45) is 0.921. The summed E-state index contributed by atoms with van der Waals surface area (Å²) in [6.45, 7) is 0. The lowest BCUT2D eigenvalue weighted by Crippen LogP contribution is -2.47. The number of aromatic carboxylic acids is 1. The van der Waals surface area contributed by atoms with Gasteiger partial charge in [0.2, 0.25) is 10.0 Å². The van der Waals surface area contributed by atoms with Crippen LogP contribution in [0, 0.1) is 5.82 Å². The van der Waals surface area contributed by atoms with Gasteiger partial charge in [0.25, 0.3) is 0 Å². The summed E-state index contributed by atoms with van der Waals surface area (Å²) >= 11 is 5.66. The molecule has 0 aromatic heterocycles. The molecular weight excluding hydrogens is 325 g/mol. The van der Waals surface area contributed by atoms with Crippen molar-refractivity contribution in [3.05, 3.63) is 28.5 Å². The number of carboxylic acids is 1. The van der Waals surface area contributed by atoms with Gasteiger partial charge in [-0.15, -0.1) is 0 Å². The van der Waals surface area contributed by atoms with Crippen molar-refractivity contribution in [2.75, 3.05) is 7.11 Å². The first-order valence-electron chi connectivity index (χ1n) is 6.02. The SMILES string of the molecule is COC1CC(NS(=O)(=O)c2cc(Cl)cc(C(=O)O)c2F)C1. The van der Waals surface area contributed by atoms with Crippen LogP contribution in [0.5, 0.6) is 0 Å². The molecule has 9 heteroatoms. The molecule has 1 fully saturated rings. The molecule has 0 bridgehead atoms. The maximum atomic E-state index is 14.0. The van der Waals surface area contributed by atoms with Gasteiger partial charge in [-0.3, -0.25) is 0 Å². The Morgan fingerprint density at radius 1 is 1.48 bits per heavy atom. The van der Waals surface area contributed by atoms with E-state index >= 15 is 0 Å². The third-order valence-corrected chi connectivity index (χ3v) is 5.01. The van der Waals surface area contributed by atoms with Crippen LogP contribution in [0.4, 0.5) is 4.39 Å². The lowest BCUT2D eigenvalue weighted by atomic mass is 9.90. The summed E-state index contributed by atoms with van der Waals surface area (Å²) in [4.78, 5) is 10.1. The zero-order valence-electron chi connectivity index (χ0n) is 11.0. The van der Waals surface area contributed by atoms with E-state index in [9.17, 15) is 17.6 Å². The normalized spacial score (nSPS) is 21.9. The molecule has 0 aliphatic heterocycles. The molecule has 2 rings (SSSR count). The maximum Gasteiger partial charge on any atom is 0.338 e. The Morgan fingerprint density at radius 3 is 2.62 bits per heavy atom. The van der Waals surface area contributed by atoms with Crippen molar-refractivity contribution in [2.45, 2.75) is 29.9 Å². The summed E-state index contributed by atoms with van der Waals surface area (Å²) < 4.78 is 45.6. The third-order valence-electron chi connectivity index (χ3n) is 3.27. The van der Waals surface area contributed by atoms with Gasteiger partial charge in [-0.25, -0.2) is 22.3 Å². The number of benzene rings is 1. The van der Waals surface area contributed by atoms with Gasteiger partial charge in [-0.1, -0.05) is 11.6 Å². The van der Waals surface area contributed by atoms with Gasteiger partial charge < -0.3 is 9.84 Å². The summed E-state index contributed by atoms with van der Waals surface area (Å²) in [5, 5.41) is 8.69. The smallest absolute Gasteiger partial charge is 0.338 e. The summed E-state index contributed by atoms with van der Waals surface area (Å²) in [6, 6.07) is 1.38. The zero-order valence-corrected chi connectivity index (χ0v) is 12.5. The number of halogens is 2. The van der Waals surface area contributed by atoms with Gasteiger partial charge in [0.05, 0.1) is 11.7 Å². The second-order valence-electron chi connectivity index (χ2n) is 4.72. The van der Waals surface area contributed by atoms with Crippen LogP contribution in [0.2, 0.25) is 5.02 Å². The molecule has 0 heterocycles. The molecule has 1 saturated carbocycles. The molecular formula is C12H13ClFNO5S. The van der Waals surface area contributed by atoms with Gasteiger partial charge in [-0.05, 0) is 25.0 Å². The Hall–Kier alpha value is -1.22. The van der Waals surface area contributed by atoms with Gasteiger partial charge in [-0.2, -0.15) is 0 Å². The van der Waals surface area contributed by atoms with Crippen molar-refractivity contribution in [3.8, 4) is 0 Å². The van der Waals surface area contributed by atoms with Crippen LogP contribution in [0.3, 0.4) is 0 Å². The molecule has 21 heavy (non-hydrogen) atoms. The van der Waals surface area contributed by atoms with Gasteiger partial charge in [0.15, 0.2) is 5.82 Å². The molecule has 116 valence electrons. The third kappa shape index (κ3) is 3.34. The quantitative estimate of drug-likeness (QED) is 0.852. The molecule has 1 aromatic carbocycles. The average Bonchev–Trinajstić information content (AvgIpc) is 2.35. The Balaban J connectivity index is 2.30. The average molecular weight is 338 g/mol. The number of hydrogen-bond acceptors (Lipinski definition) is 4. The number of ether oxygens (including phenoxy) is 1. The number of hydrogen-bond donors (Lipinski definition) is 2. The fourth-order valence-electron chi connectivity index (χ4n) is 2.05. The minimum Gasteiger partial charge on any atom is -0.478 e. The number of rotatable bonds is 5. The minimum absolute atomic E-state index is 0.0310. The van der Waals surface area contributed by atoms with Crippen LogP contribution in [-0.4, -0.2) is 38.7 Å². The molecule has 0 amide bonds. The number of carbonyl (C=O) groups is 1. The molecule has 6 nitrogen and oxygen atoms in total. The Bertz CT molecular complexity index is 672. The van der Waals surface area contributed by atoms with Crippen LogP contribution in [-0.2, 0) is 14.8 Å². The van der Waals surface area contributed by atoms with Crippen molar-refractivity contribution in [3.63, 3.8) is 0 Å². The molecule has 1 aliphatic rings. The molecule has 1 aromatic rings. The lowest BCUT2D eigenvalue weighted by molar-refractivity contribution is 0.0236. The van der Waals surface area contributed by atoms with Crippen molar-refractivity contribution >= 4 is 27.6 Å². The van der Waals surface area contributed by atoms with Crippen LogP contribution >= 0.6 is 11.6 Å². The molecule has 2 N–H and O–H groups in total. The van der Waals surface area contributed by atoms with Gasteiger partial charge in [0.1, 0.15) is 4.90 Å². The van der Waals surface area contributed by atoms with E-state index in [1.54, 1.807) is 0 Å². The van der Waals surface area contributed by atoms with Crippen molar-refractivity contribution < 1.29 is 27.4 Å². The fourth-order valence-corrected chi connectivity index (χ4v) is 3.72. The van der Waals surface area contributed by atoms with Gasteiger partial charge in [0, 0.05) is 18.2 Å². The van der Waals surface area contributed by atoms with E-state index in [1.165, 1.54) is 7.11 Å².